The highest BCUT2D eigenvalue weighted by Gasteiger charge is 2.15. The molecule has 0 atom stereocenters. The minimum Gasteiger partial charge on any atom is -0.350 e. The van der Waals surface area contributed by atoms with Crippen molar-refractivity contribution in [3.05, 3.63) is 58.6 Å². The lowest BCUT2D eigenvalue weighted by atomic mass is 10.1. The number of anilines is 1. The monoisotopic (exact) mass is 409 g/mol. The van der Waals surface area contributed by atoms with Crippen molar-refractivity contribution in [1.82, 2.24) is 5.32 Å². The number of nitrogens with one attached hydrogen (secondary N) is 2. The van der Waals surface area contributed by atoms with Gasteiger partial charge in [0, 0.05) is 11.1 Å². The van der Waals surface area contributed by atoms with Gasteiger partial charge in [-0.2, -0.15) is 0 Å². The van der Waals surface area contributed by atoms with E-state index in [9.17, 15) is 18.0 Å². The standard InChI is InChI=1S/C18H20ClN3O4S/c1-11(2)21-18(24)15-8-5-13(19)10-16(15)22-17(23)9-12-3-6-14(7-4-12)27(20,25)26/h3-8,10-11H,9H2,1-2H3,(H,21,24)(H,22,23)(H2,20,25,26). The Kier molecular flexibility index (Phi) is 6.59. The van der Waals surface area contributed by atoms with Gasteiger partial charge in [0.25, 0.3) is 5.91 Å². The van der Waals surface area contributed by atoms with Gasteiger partial charge in [-0.25, -0.2) is 13.6 Å². The third-order valence-electron chi connectivity index (χ3n) is 3.54. The Morgan fingerprint density at radius 3 is 2.30 bits per heavy atom. The lowest BCUT2D eigenvalue weighted by molar-refractivity contribution is -0.115. The molecule has 4 N–H and O–H groups in total. The van der Waals surface area contributed by atoms with Gasteiger partial charge in [-0.15, -0.1) is 0 Å². The van der Waals surface area contributed by atoms with Crippen LogP contribution in [0.2, 0.25) is 5.02 Å². The van der Waals surface area contributed by atoms with Crippen LogP contribution in [0.4, 0.5) is 5.69 Å². The summed E-state index contributed by atoms with van der Waals surface area (Å²) >= 11 is 5.98. The summed E-state index contributed by atoms with van der Waals surface area (Å²) < 4.78 is 22.5. The van der Waals surface area contributed by atoms with Gasteiger partial charge in [-0.3, -0.25) is 9.59 Å². The fourth-order valence-electron chi connectivity index (χ4n) is 2.33. The molecule has 2 aromatic carbocycles. The molecule has 0 aliphatic carbocycles. The van der Waals surface area contributed by atoms with Gasteiger partial charge < -0.3 is 10.6 Å². The van der Waals surface area contributed by atoms with E-state index in [1.165, 1.54) is 36.4 Å². The highest BCUT2D eigenvalue weighted by atomic mass is 35.5. The molecule has 0 radical (unpaired) electrons. The summed E-state index contributed by atoms with van der Waals surface area (Å²) in [5.74, 6) is -0.700. The average Bonchev–Trinajstić information content (AvgIpc) is 2.53. The van der Waals surface area contributed by atoms with Crippen LogP contribution in [0, 0.1) is 0 Å². The van der Waals surface area contributed by atoms with E-state index in [-0.39, 0.29) is 29.2 Å². The molecule has 9 heteroatoms. The first-order chi connectivity index (χ1) is 12.6. The fraction of sp³-hybridized carbons (Fsp3) is 0.222. The fourth-order valence-corrected chi connectivity index (χ4v) is 3.02. The topological polar surface area (TPSA) is 118 Å². The van der Waals surface area contributed by atoms with Gasteiger partial charge >= 0.3 is 0 Å². The number of hydrogen-bond donors (Lipinski definition) is 3. The highest BCUT2D eigenvalue weighted by Crippen LogP contribution is 2.22. The number of amides is 2. The van der Waals surface area contributed by atoms with Gasteiger partial charge in [0.05, 0.1) is 22.6 Å². The van der Waals surface area contributed by atoms with Gasteiger partial charge in [0.2, 0.25) is 15.9 Å². The predicted octanol–water partition coefficient (Wildman–Crippen LogP) is 2.31. The summed E-state index contributed by atoms with van der Waals surface area (Å²) in [6.45, 7) is 3.66. The van der Waals surface area contributed by atoms with E-state index in [2.05, 4.69) is 10.6 Å². The van der Waals surface area contributed by atoms with Crippen molar-refractivity contribution in [2.75, 3.05) is 5.32 Å². The Morgan fingerprint density at radius 1 is 1.11 bits per heavy atom. The Labute approximate surface area is 163 Å². The van der Waals surface area contributed by atoms with E-state index >= 15 is 0 Å². The van der Waals surface area contributed by atoms with Crippen molar-refractivity contribution < 1.29 is 18.0 Å². The number of sulfonamides is 1. The van der Waals surface area contributed by atoms with E-state index in [4.69, 9.17) is 16.7 Å². The quantitative estimate of drug-likeness (QED) is 0.678. The largest absolute Gasteiger partial charge is 0.350 e. The number of nitrogens with two attached hydrogens (primary N) is 1. The van der Waals surface area contributed by atoms with Crippen molar-refractivity contribution in [3.8, 4) is 0 Å². The molecule has 27 heavy (non-hydrogen) atoms. The maximum absolute atomic E-state index is 12.3. The second-order valence-electron chi connectivity index (χ2n) is 6.23. The molecule has 7 nitrogen and oxygen atoms in total. The lowest BCUT2D eigenvalue weighted by Gasteiger charge is -2.14. The van der Waals surface area contributed by atoms with Crippen molar-refractivity contribution in [2.45, 2.75) is 31.2 Å². The van der Waals surface area contributed by atoms with E-state index in [1.54, 1.807) is 6.07 Å². The van der Waals surface area contributed by atoms with Crippen molar-refractivity contribution in [1.29, 1.82) is 0 Å². The molecule has 2 amide bonds. The number of carbonyl (C=O) groups is 2. The normalized spacial score (nSPS) is 11.3. The van der Waals surface area contributed by atoms with E-state index in [0.29, 0.717) is 21.8 Å². The van der Waals surface area contributed by atoms with Crippen LogP contribution < -0.4 is 15.8 Å². The minimum atomic E-state index is -3.79. The van der Waals surface area contributed by atoms with Crippen LogP contribution in [-0.4, -0.2) is 26.3 Å². The molecule has 0 unspecified atom stereocenters. The Morgan fingerprint density at radius 2 is 1.74 bits per heavy atom. The Bertz CT molecular complexity index is 957. The van der Waals surface area contributed by atoms with E-state index < -0.39 is 10.0 Å². The smallest absolute Gasteiger partial charge is 0.253 e. The predicted molar refractivity (Wildman–Crippen MR) is 104 cm³/mol. The van der Waals surface area contributed by atoms with Crippen LogP contribution in [0.25, 0.3) is 0 Å². The van der Waals surface area contributed by atoms with Crippen molar-refractivity contribution >= 4 is 39.1 Å². The molecular weight excluding hydrogens is 390 g/mol. The molecule has 0 fully saturated rings. The molecule has 2 rings (SSSR count). The molecule has 0 bridgehead atoms. The zero-order chi connectivity index (χ0) is 20.2. The molecular formula is C18H20ClN3O4S. The molecule has 0 aromatic heterocycles. The molecule has 0 heterocycles. The third kappa shape index (κ3) is 6.06. The second-order valence-corrected chi connectivity index (χ2v) is 8.23. The van der Waals surface area contributed by atoms with Crippen LogP contribution in [-0.2, 0) is 21.2 Å². The van der Waals surface area contributed by atoms with Crippen molar-refractivity contribution in [2.24, 2.45) is 5.14 Å². The molecule has 0 aliphatic rings. The first kappa shape index (κ1) is 20.9. The van der Waals surface area contributed by atoms with Gasteiger partial charge in [0.15, 0.2) is 0 Å². The minimum absolute atomic E-state index is 0.0113. The number of primary sulfonamides is 1. The summed E-state index contributed by atoms with van der Waals surface area (Å²) in [7, 11) is -3.79. The molecule has 0 saturated carbocycles. The summed E-state index contributed by atoms with van der Waals surface area (Å²) in [5.41, 5.74) is 1.19. The highest BCUT2D eigenvalue weighted by molar-refractivity contribution is 7.89. The summed E-state index contributed by atoms with van der Waals surface area (Å²) in [6, 6.07) is 10.2. The van der Waals surface area contributed by atoms with Gasteiger partial charge in [0.1, 0.15) is 0 Å². The number of carbonyl (C=O) groups excluding carboxylic acids is 2. The maximum Gasteiger partial charge on any atom is 0.253 e. The first-order valence-electron chi connectivity index (χ1n) is 8.08. The molecule has 0 aliphatic heterocycles. The average molecular weight is 410 g/mol. The lowest BCUT2D eigenvalue weighted by Crippen LogP contribution is -2.31. The molecule has 0 spiro atoms. The van der Waals surface area contributed by atoms with E-state index in [0.717, 1.165) is 0 Å². The summed E-state index contributed by atoms with van der Waals surface area (Å²) in [4.78, 5) is 24.6. The summed E-state index contributed by atoms with van der Waals surface area (Å²) in [6.07, 6.45) is -0.0113. The van der Waals surface area contributed by atoms with Crippen molar-refractivity contribution in [3.63, 3.8) is 0 Å². The SMILES string of the molecule is CC(C)NC(=O)c1ccc(Cl)cc1NC(=O)Cc1ccc(S(N)(=O)=O)cc1. The summed E-state index contributed by atoms with van der Waals surface area (Å²) in [5, 5.41) is 10.9. The molecule has 0 saturated heterocycles. The van der Waals surface area contributed by atoms with Crippen LogP contribution in [0.15, 0.2) is 47.4 Å². The second kappa shape index (κ2) is 8.51. The number of rotatable bonds is 6. The van der Waals surface area contributed by atoms with Gasteiger partial charge in [-0.05, 0) is 49.7 Å². The number of halogens is 1. The first-order valence-corrected chi connectivity index (χ1v) is 10.0. The third-order valence-corrected chi connectivity index (χ3v) is 4.70. The van der Waals surface area contributed by atoms with Crippen LogP contribution >= 0.6 is 11.6 Å². The molecule has 2 aromatic rings. The maximum atomic E-state index is 12.3. The molecule has 144 valence electrons. The zero-order valence-electron chi connectivity index (χ0n) is 14.8. The van der Waals surface area contributed by atoms with Crippen LogP contribution in [0.3, 0.4) is 0 Å². The van der Waals surface area contributed by atoms with E-state index in [1.807, 2.05) is 13.8 Å². The van der Waals surface area contributed by atoms with Crippen LogP contribution in [0.5, 0.6) is 0 Å². The Balaban J connectivity index is 2.15. The van der Waals surface area contributed by atoms with Crippen LogP contribution in [0.1, 0.15) is 29.8 Å². The van der Waals surface area contributed by atoms with Gasteiger partial charge in [-0.1, -0.05) is 23.7 Å². The number of benzene rings is 2. The Hall–Kier alpha value is -2.42. The zero-order valence-corrected chi connectivity index (χ0v) is 16.4. The number of hydrogen-bond acceptors (Lipinski definition) is 4.